The first-order valence-corrected chi connectivity index (χ1v) is 8.57. The monoisotopic (exact) mass is 397 g/mol. The summed E-state index contributed by atoms with van der Waals surface area (Å²) in [6, 6.07) is 0. The van der Waals surface area contributed by atoms with Gasteiger partial charge in [-0.15, -0.1) is 0 Å². The Morgan fingerprint density at radius 1 is 0.920 bits per heavy atom. The van der Waals surface area contributed by atoms with Gasteiger partial charge in [0.05, 0.1) is 35.9 Å². The Hall–Kier alpha value is -0.500. The van der Waals surface area contributed by atoms with Gasteiger partial charge in [-0.05, 0) is 6.42 Å². The largest absolute Gasteiger partial charge is 0.481 e. The van der Waals surface area contributed by atoms with Crippen LogP contribution in [0.25, 0.3) is 4.85 Å². The predicted molar refractivity (Wildman–Crippen MR) is 104 cm³/mol. The molecule has 0 aromatic carbocycles. The van der Waals surface area contributed by atoms with Crippen LogP contribution in [-0.2, 0) is 23.7 Å². The van der Waals surface area contributed by atoms with Gasteiger partial charge in [-0.2, -0.15) is 25.3 Å². The van der Waals surface area contributed by atoms with E-state index in [1.807, 2.05) is 0 Å². The lowest BCUT2D eigenvalue weighted by Gasteiger charge is -2.25. The molecule has 0 spiro atoms. The van der Waals surface area contributed by atoms with Gasteiger partial charge in [-0.3, -0.25) is 4.79 Å². The van der Waals surface area contributed by atoms with Gasteiger partial charge in [0.15, 0.2) is 0 Å². The molecule has 0 saturated carbocycles. The van der Waals surface area contributed by atoms with E-state index in [2.05, 4.69) is 30.1 Å². The number of hydrogen-bond acceptors (Lipinski definition) is 7. The quantitative estimate of drug-likeness (QED) is 0.326. The molecule has 0 aromatic rings. The molecule has 7 nitrogen and oxygen atoms in total. The molecule has 0 bridgehead atoms. The lowest BCUT2D eigenvalue weighted by Crippen LogP contribution is -2.33. The van der Waals surface area contributed by atoms with Crippen molar-refractivity contribution in [3.63, 3.8) is 0 Å². The summed E-state index contributed by atoms with van der Waals surface area (Å²) in [4.78, 5) is 13.6. The van der Waals surface area contributed by atoms with Crippen molar-refractivity contribution in [1.82, 2.24) is 0 Å². The van der Waals surface area contributed by atoms with Crippen molar-refractivity contribution in [3.05, 3.63) is 11.4 Å². The molecule has 0 rings (SSSR count). The molecule has 0 amide bonds. The second-order valence-electron chi connectivity index (χ2n) is 5.71. The Labute approximate surface area is 162 Å². The Balaban J connectivity index is 0. The van der Waals surface area contributed by atoms with Gasteiger partial charge in [-0.25, -0.2) is 6.57 Å². The van der Waals surface area contributed by atoms with Crippen LogP contribution in [0.1, 0.15) is 19.3 Å². The van der Waals surface area contributed by atoms with Gasteiger partial charge >= 0.3 is 5.97 Å². The van der Waals surface area contributed by atoms with E-state index in [-0.39, 0.29) is 11.2 Å². The van der Waals surface area contributed by atoms with Gasteiger partial charge in [0.2, 0.25) is 6.54 Å². The summed E-state index contributed by atoms with van der Waals surface area (Å²) in [6.45, 7) is 8.92. The molecule has 0 aliphatic rings. The van der Waals surface area contributed by atoms with Crippen molar-refractivity contribution in [2.75, 3.05) is 61.4 Å². The van der Waals surface area contributed by atoms with Crippen LogP contribution in [0.2, 0.25) is 0 Å². The first kappa shape index (κ1) is 26.7. The molecule has 0 aliphatic heterocycles. The van der Waals surface area contributed by atoms with Crippen molar-refractivity contribution in [2.24, 2.45) is 0 Å². The van der Waals surface area contributed by atoms with E-state index in [9.17, 15) is 4.79 Å². The number of thiol groups is 2. The lowest BCUT2D eigenvalue weighted by molar-refractivity contribution is -0.137. The van der Waals surface area contributed by atoms with Crippen LogP contribution < -0.4 is 0 Å². The fraction of sp³-hybridized carbons (Fsp3) is 0.875. The van der Waals surface area contributed by atoms with E-state index in [4.69, 9.17) is 30.6 Å². The van der Waals surface area contributed by atoms with Gasteiger partial charge < -0.3 is 28.9 Å². The minimum absolute atomic E-state index is 0.0796. The predicted octanol–water partition coefficient (Wildman–Crippen LogP) is 2.07. The average Bonchev–Trinajstić information content (AvgIpc) is 2.53. The molecule has 0 aromatic heterocycles. The zero-order valence-corrected chi connectivity index (χ0v) is 17.3. The molecule has 25 heavy (non-hydrogen) atoms. The molecular weight excluding hydrogens is 366 g/mol. The topological polar surface area (TPSA) is 78.6 Å². The SMILES string of the molecule is COCC(S)(CCC(=O)O)COC.[C-]#[N+]CCC(S)(COC)COC. The Kier molecular flexibility index (Phi) is 16.8. The Morgan fingerprint density at radius 2 is 1.28 bits per heavy atom. The molecule has 148 valence electrons. The summed E-state index contributed by atoms with van der Waals surface area (Å²) in [5, 5.41) is 8.50. The van der Waals surface area contributed by atoms with Crippen LogP contribution in [0.5, 0.6) is 0 Å². The third kappa shape index (κ3) is 15.5. The number of nitrogens with zero attached hydrogens (tertiary/aromatic N) is 1. The van der Waals surface area contributed by atoms with Crippen LogP contribution in [0, 0.1) is 6.57 Å². The zero-order chi connectivity index (χ0) is 19.8. The summed E-state index contributed by atoms with van der Waals surface area (Å²) < 4.78 is 19.1. The smallest absolute Gasteiger partial charge is 0.303 e. The molecular formula is C16H31NO6S2. The summed E-state index contributed by atoms with van der Waals surface area (Å²) >= 11 is 8.76. The molecule has 0 atom stereocenters. The second-order valence-corrected chi connectivity index (χ2v) is 7.60. The van der Waals surface area contributed by atoms with Crippen molar-refractivity contribution in [1.29, 1.82) is 0 Å². The second kappa shape index (κ2) is 15.7. The van der Waals surface area contributed by atoms with Gasteiger partial charge in [0, 0.05) is 41.3 Å². The average molecular weight is 398 g/mol. The minimum atomic E-state index is -0.828. The third-order valence-electron chi connectivity index (χ3n) is 3.15. The lowest BCUT2D eigenvalue weighted by atomic mass is 10.0. The van der Waals surface area contributed by atoms with E-state index in [1.54, 1.807) is 28.4 Å². The van der Waals surface area contributed by atoms with Crippen LogP contribution >= 0.6 is 25.3 Å². The number of rotatable bonds is 13. The molecule has 9 heteroatoms. The molecule has 0 saturated heterocycles. The molecule has 0 heterocycles. The molecule has 0 radical (unpaired) electrons. The summed E-state index contributed by atoms with van der Waals surface area (Å²) in [7, 11) is 6.36. The van der Waals surface area contributed by atoms with Gasteiger partial charge in [0.1, 0.15) is 0 Å². The summed E-state index contributed by atoms with van der Waals surface area (Å²) in [5.41, 5.74) is 0. The fourth-order valence-corrected chi connectivity index (χ4v) is 2.78. The highest BCUT2D eigenvalue weighted by atomic mass is 32.1. The van der Waals surface area contributed by atoms with E-state index >= 15 is 0 Å². The zero-order valence-electron chi connectivity index (χ0n) is 15.5. The first-order chi connectivity index (χ1) is 11.7. The normalized spacial score (nSPS) is 11.4. The van der Waals surface area contributed by atoms with Crippen LogP contribution in [-0.4, -0.2) is 82.0 Å². The number of hydrogen-bond donors (Lipinski definition) is 3. The van der Waals surface area contributed by atoms with E-state index in [0.717, 1.165) is 0 Å². The number of carbonyl (C=O) groups is 1. The maximum atomic E-state index is 10.3. The number of carboxylic acids is 1. The molecule has 0 unspecified atom stereocenters. The highest BCUT2D eigenvalue weighted by Gasteiger charge is 2.27. The standard InChI is InChI=1S/C8H15NO2S.C8H16O4S/c1-9-5-4-8(12,6-10-2)7-11-3;1-11-5-8(13,6-12-2)4-3-7(9)10/h12H,4-7H2,2-3H3;13H,3-6H2,1-2H3,(H,9,10). The van der Waals surface area contributed by atoms with Crippen molar-refractivity contribution < 1.29 is 28.8 Å². The van der Waals surface area contributed by atoms with Crippen molar-refractivity contribution >= 4 is 31.2 Å². The minimum Gasteiger partial charge on any atom is -0.481 e. The van der Waals surface area contributed by atoms with E-state index in [0.29, 0.717) is 45.8 Å². The molecule has 0 fully saturated rings. The Bertz CT molecular complexity index is 377. The first-order valence-electron chi connectivity index (χ1n) is 7.68. The maximum Gasteiger partial charge on any atom is 0.303 e. The van der Waals surface area contributed by atoms with Crippen molar-refractivity contribution in [3.8, 4) is 0 Å². The number of methoxy groups -OCH3 is 4. The summed E-state index contributed by atoms with van der Waals surface area (Å²) in [6.07, 6.45) is 1.21. The highest BCUT2D eigenvalue weighted by Crippen LogP contribution is 2.22. The highest BCUT2D eigenvalue weighted by molar-refractivity contribution is 7.82. The summed E-state index contributed by atoms with van der Waals surface area (Å²) in [5.74, 6) is -0.828. The van der Waals surface area contributed by atoms with E-state index in [1.165, 1.54) is 0 Å². The molecule has 1 N–H and O–H groups in total. The molecule has 0 aliphatic carbocycles. The number of ether oxygens (including phenoxy) is 4. The fourth-order valence-electron chi connectivity index (χ4n) is 2.05. The number of aliphatic carboxylic acids is 1. The van der Waals surface area contributed by atoms with Crippen LogP contribution in [0.4, 0.5) is 0 Å². The number of carboxylic acid groups (broad SMARTS) is 1. The third-order valence-corrected chi connectivity index (χ3v) is 4.11. The van der Waals surface area contributed by atoms with E-state index < -0.39 is 10.7 Å². The maximum absolute atomic E-state index is 10.3. The Morgan fingerprint density at radius 3 is 1.56 bits per heavy atom. The van der Waals surface area contributed by atoms with Gasteiger partial charge in [-0.1, -0.05) is 0 Å². The van der Waals surface area contributed by atoms with Gasteiger partial charge in [0.25, 0.3) is 0 Å². The van der Waals surface area contributed by atoms with Crippen molar-refractivity contribution in [2.45, 2.75) is 28.8 Å². The van der Waals surface area contributed by atoms with Crippen LogP contribution in [0.3, 0.4) is 0 Å². The van der Waals surface area contributed by atoms with Crippen LogP contribution in [0.15, 0.2) is 0 Å².